The number of likely N-dealkylation sites (tertiary alicyclic amines) is 1. The number of benzene rings is 2. The molecule has 0 aromatic heterocycles. The molecule has 4 atom stereocenters. The number of allylic oxidation sites excluding steroid dienone is 2. The summed E-state index contributed by atoms with van der Waals surface area (Å²) < 4.78 is 10.9. The Bertz CT molecular complexity index is 1350. The Morgan fingerprint density at radius 2 is 1.80 bits per heavy atom. The summed E-state index contributed by atoms with van der Waals surface area (Å²) in [5, 5.41) is 20.5. The van der Waals surface area contributed by atoms with E-state index in [4.69, 9.17) is 9.39 Å². The molecule has 3 amide bonds. The van der Waals surface area contributed by atoms with Crippen molar-refractivity contribution in [3.8, 4) is 5.75 Å². The lowest BCUT2D eigenvalue weighted by atomic mass is 9.57. The van der Waals surface area contributed by atoms with Crippen LogP contribution in [0.15, 0.2) is 65.7 Å². The fourth-order valence-electron chi connectivity index (χ4n) is 6.53. The molecule has 2 aromatic rings. The summed E-state index contributed by atoms with van der Waals surface area (Å²) in [4.78, 5) is 39.6. The Kier molecular flexibility index (Phi) is 7.96. The third kappa shape index (κ3) is 5.23. The number of nitrogens with zero attached hydrogens (tertiary/aromatic N) is 1. The van der Waals surface area contributed by atoms with Gasteiger partial charge in [-0.05, 0) is 71.8 Å². The van der Waals surface area contributed by atoms with Crippen LogP contribution in [0.25, 0.3) is 11.6 Å². The molecule has 2 aliphatic heterocycles. The lowest BCUT2D eigenvalue weighted by Crippen LogP contribution is -2.46. The normalized spacial score (nSPS) is 24.9. The molecule has 2 fully saturated rings. The van der Waals surface area contributed by atoms with Crippen molar-refractivity contribution in [1.29, 1.82) is 0 Å². The molecule has 2 saturated heterocycles. The summed E-state index contributed by atoms with van der Waals surface area (Å²) in [7, 11) is 0.0560. The van der Waals surface area contributed by atoms with Gasteiger partial charge in [0.25, 0.3) is 0 Å². The summed E-state index contributed by atoms with van der Waals surface area (Å²) >= 11 is 0. The maximum atomic E-state index is 13.4. The number of hydrogen-bond donors (Lipinski definition) is 2. The molecule has 9 heteroatoms. The number of amides is 3. The number of carbonyl (C=O) groups excluding carboxylic acids is 3. The van der Waals surface area contributed by atoms with E-state index in [-0.39, 0.29) is 18.0 Å². The molecule has 0 saturated carbocycles. The molecular formula is C31H34BNO7. The van der Waals surface area contributed by atoms with Crippen molar-refractivity contribution in [2.45, 2.75) is 45.5 Å². The summed E-state index contributed by atoms with van der Waals surface area (Å²) in [5.74, 6) is -2.59. The van der Waals surface area contributed by atoms with Gasteiger partial charge in [-0.3, -0.25) is 9.59 Å². The van der Waals surface area contributed by atoms with Gasteiger partial charge in [-0.2, -0.15) is 4.90 Å². The molecule has 208 valence electrons. The first kappa shape index (κ1) is 27.9. The predicted octanol–water partition coefficient (Wildman–Crippen LogP) is 4.93. The van der Waals surface area contributed by atoms with E-state index in [9.17, 15) is 24.5 Å². The highest BCUT2D eigenvalue weighted by molar-refractivity contribution is 6.43. The van der Waals surface area contributed by atoms with Gasteiger partial charge in [-0.25, -0.2) is 4.79 Å². The van der Waals surface area contributed by atoms with E-state index in [1.165, 1.54) is 0 Å². The van der Waals surface area contributed by atoms with Crippen LogP contribution in [-0.2, 0) is 19.0 Å². The van der Waals surface area contributed by atoms with Crippen LogP contribution in [0.3, 0.4) is 0 Å². The van der Waals surface area contributed by atoms with Gasteiger partial charge < -0.3 is 19.5 Å². The minimum atomic E-state index is -1.10. The highest BCUT2D eigenvalue weighted by atomic mass is 16.5. The van der Waals surface area contributed by atoms with Gasteiger partial charge in [0.05, 0.1) is 25.0 Å². The molecule has 0 radical (unpaired) electrons. The molecule has 2 N–H and O–H groups in total. The maximum absolute atomic E-state index is 13.4. The lowest BCUT2D eigenvalue weighted by molar-refractivity contribution is -0.137. The SMILES string of the molecule is COC(=O)N1C(=O)[C@@H]2[C@@H](CC(C(C)C)=C3[C@@H](CC/C(=C/c4ccc(O)cc4)c4ccccc4)OB(O)C[C@@H]32)C1=O. The smallest absolute Gasteiger partial charge is 0.455 e. The largest absolute Gasteiger partial charge is 0.508 e. The van der Waals surface area contributed by atoms with Crippen LogP contribution in [-0.4, -0.2) is 53.3 Å². The standard InChI is InChI=1S/C31H34BNO7/c1-18(2)23-16-24-28(30(36)33(29(24)35)31(37)39-3)25-17-32(38)40-26(27(23)25)14-11-21(20-7-5-4-6-8-20)15-19-9-12-22(34)13-10-19/h4-10,12-13,15,18,24-26,28,34,38H,11,14,16-17H2,1-3H3/b21-15-/t24-,25+,26-,28-/m1/s1. The number of phenolic OH excluding ortho intramolecular Hbond substituents is 1. The van der Waals surface area contributed by atoms with Crippen LogP contribution in [0.5, 0.6) is 5.75 Å². The molecule has 0 spiro atoms. The zero-order valence-electron chi connectivity index (χ0n) is 22.9. The molecule has 2 aromatic carbocycles. The summed E-state index contributed by atoms with van der Waals surface area (Å²) in [6, 6.07) is 17.0. The number of rotatable bonds is 6. The quantitative estimate of drug-likeness (QED) is 0.230. The van der Waals surface area contributed by atoms with E-state index in [1.807, 2.05) is 42.5 Å². The molecule has 1 aliphatic carbocycles. The highest BCUT2D eigenvalue weighted by Gasteiger charge is 2.59. The number of ether oxygens (including phenoxy) is 1. The van der Waals surface area contributed by atoms with Crippen LogP contribution >= 0.6 is 0 Å². The van der Waals surface area contributed by atoms with Gasteiger partial charge in [-0.15, -0.1) is 0 Å². The van der Waals surface area contributed by atoms with Crippen molar-refractivity contribution >= 4 is 36.7 Å². The number of methoxy groups -OCH3 is 1. The minimum Gasteiger partial charge on any atom is -0.508 e. The Morgan fingerprint density at radius 3 is 2.45 bits per heavy atom. The second kappa shape index (κ2) is 11.4. The fourth-order valence-corrected chi connectivity index (χ4v) is 6.53. The van der Waals surface area contributed by atoms with E-state index in [2.05, 4.69) is 19.9 Å². The van der Waals surface area contributed by atoms with Crippen molar-refractivity contribution in [2.24, 2.45) is 23.7 Å². The maximum Gasteiger partial charge on any atom is 0.455 e. The first-order valence-electron chi connectivity index (χ1n) is 13.8. The van der Waals surface area contributed by atoms with Crippen LogP contribution in [0, 0.1) is 23.7 Å². The van der Waals surface area contributed by atoms with Crippen molar-refractivity contribution in [3.63, 3.8) is 0 Å². The number of hydrogen-bond acceptors (Lipinski definition) is 7. The second-order valence-electron chi connectivity index (χ2n) is 11.0. The Labute approximate surface area is 234 Å². The zero-order valence-corrected chi connectivity index (χ0v) is 22.9. The lowest BCUT2D eigenvalue weighted by Gasteiger charge is -2.44. The molecule has 0 unspecified atom stereocenters. The number of aromatic hydroxyl groups is 1. The van der Waals surface area contributed by atoms with Gasteiger partial charge in [-0.1, -0.05) is 68.0 Å². The third-order valence-electron chi connectivity index (χ3n) is 8.35. The van der Waals surface area contributed by atoms with Crippen molar-refractivity contribution < 1.29 is 33.9 Å². The molecule has 8 nitrogen and oxygen atoms in total. The van der Waals surface area contributed by atoms with Crippen molar-refractivity contribution in [3.05, 3.63) is 76.9 Å². The van der Waals surface area contributed by atoms with Crippen LogP contribution < -0.4 is 0 Å². The Balaban J connectivity index is 1.48. The van der Waals surface area contributed by atoms with E-state index >= 15 is 0 Å². The van der Waals surface area contributed by atoms with Crippen molar-refractivity contribution in [1.82, 2.24) is 4.90 Å². The number of carbonyl (C=O) groups is 3. The average Bonchev–Trinajstić information content (AvgIpc) is 3.20. The molecule has 2 heterocycles. The van der Waals surface area contributed by atoms with Crippen LogP contribution in [0.4, 0.5) is 4.79 Å². The molecular weight excluding hydrogens is 509 g/mol. The molecule has 5 rings (SSSR count). The Hall–Kier alpha value is -3.69. The first-order valence-corrected chi connectivity index (χ1v) is 13.8. The average molecular weight is 543 g/mol. The van der Waals surface area contributed by atoms with Gasteiger partial charge in [0.1, 0.15) is 5.75 Å². The van der Waals surface area contributed by atoms with E-state index in [0.717, 1.165) is 35.0 Å². The monoisotopic (exact) mass is 543 g/mol. The van der Waals surface area contributed by atoms with Gasteiger partial charge in [0.15, 0.2) is 0 Å². The van der Waals surface area contributed by atoms with E-state index in [1.54, 1.807) is 12.1 Å². The minimum absolute atomic E-state index is 0.0935. The number of phenols is 1. The van der Waals surface area contributed by atoms with E-state index < -0.39 is 48.9 Å². The van der Waals surface area contributed by atoms with Crippen LogP contribution in [0.1, 0.15) is 44.2 Å². The summed E-state index contributed by atoms with van der Waals surface area (Å²) in [6.07, 6.45) is 2.40. The first-order chi connectivity index (χ1) is 19.2. The third-order valence-corrected chi connectivity index (χ3v) is 8.35. The van der Waals surface area contributed by atoms with Gasteiger partial charge in [0, 0.05) is 0 Å². The number of imide groups is 3. The Morgan fingerprint density at radius 1 is 1.10 bits per heavy atom. The summed E-state index contributed by atoms with van der Waals surface area (Å²) in [5.41, 5.74) is 5.09. The second-order valence-corrected chi connectivity index (χ2v) is 11.0. The van der Waals surface area contributed by atoms with Gasteiger partial charge in [0.2, 0.25) is 11.8 Å². The molecule has 3 aliphatic rings. The van der Waals surface area contributed by atoms with Crippen LogP contribution in [0.2, 0.25) is 6.32 Å². The zero-order chi connectivity index (χ0) is 28.6. The molecule has 40 heavy (non-hydrogen) atoms. The van der Waals surface area contributed by atoms with Crippen molar-refractivity contribution in [2.75, 3.05) is 7.11 Å². The number of fused-ring (bicyclic) bond motifs is 3. The molecule has 0 bridgehead atoms. The highest BCUT2D eigenvalue weighted by Crippen LogP contribution is 2.52. The van der Waals surface area contributed by atoms with E-state index in [0.29, 0.717) is 24.2 Å². The predicted molar refractivity (Wildman–Crippen MR) is 151 cm³/mol. The topological polar surface area (TPSA) is 113 Å². The van der Waals surface area contributed by atoms with Gasteiger partial charge >= 0.3 is 13.2 Å². The fraction of sp³-hybridized carbons (Fsp3) is 0.387. The summed E-state index contributed by atoms with van der Waals surface area (Å²) in [6.45, 7) is 4.11.